The maximum atomic E-state index is 11.8. The third kappa shape index (κ3) is 7.43. The molecule has 0 saturated heterocycles. The lowest BCUT2D eigenvalue weighted by atomic mass is 9.92. The van der Waals surface area contributed by atoms with Crippen LogP contribution in [0.5, 0.6) is 0 Å². The first-order valence-corrected chi connectivity index (χ1v) is 7.98. The van der Waals surface area contributed by atoms with Gasteiger partial charge in [-0.05, 0) is 25.2 Å². The Hall–Kier alpha value is -1.59. The molecule has 6 heteroatoms. The molecule has 3 amide bonds. The molecule has 0 heterocycles. The van der Waals surface area contributed by atoms with Crippen LogP contribution in [0.15, 0.2) is 0 Å². The molecule has 1 atom stereocenters. The number of rotatable bonds is 4. The van der Waals surface area contributed by atoms with Gasteiger partial charge in [-0.15, -0.1) is 0 Å². The number of carbonyl (C=O) groups is 3. The van der Waals surface area contributed by atoms with Crippen LogP contribution in [-0.2, 0) is 14.3 Å². The number of hydrogen-bond acceptors (Lipinski definition) is 4. The Morgan fingerprint density at radius 1 is 1.14 bits per heavy atom. The number of hydrogen-bond donors (Lipinski definition) is 2. The smallest absolute Gasteiger partial charge is 0.321 e. The lowest BCUT2D eigenvalue weighted by molar-refractivity contribution is -0.156. The summed E-state index contributed by atoms with van der Waals surface area (Å²) >= 11 is 0. The minimum absolute atomic E-state index is 0.125. The van der Waals surface area contributed by atoms with Gasteiger partial charge in [0.2, 0.25) is 0 Å². The van der Waals surface area contributed by atoms with Gasteiger partial charge in [-0.25, -0.2) is 4.79 Å². The van der Waals surface area contributed by atoms with Gasteiger partial charge >= 0.3 is 12.0 Å². The fourth-order valence-electron chi connectivity index (χ4n) is 2.41. The Morgan fingerprint density at radius 3 is 2.27 bits per heavy atom. The minimum Gasteiger partial charge on any atom is -0.453 e. The molecule has 0 aromatic carbocycles. The second kappa shape index (κ2) is 8.15. The first-order chi connectivity index (χ1) is 10.2. The second-order valence-electron chi connectivity index (χ2n) is 7.17. The van der Waals surface area contributed by atoms with Crippen LogP contribution in [0.25, 0.3) is 0 Å². The highest BCUT2D eigenvalue weighted by atomic mass is 16.5. The average Bonchev–Trinajstić information content (AvgIpc) is 2.37. The highest BCUT2D eigenvalue weighted by Gasteiger charge is 2.24. The van der Waals surface area contributed by atoms with E-state index in [-0.39, 0.29) is 17.9 Å². The highest BCUT2D eigenvalue weighted by Crippen LogP contribution is 2.19. The first-order valence-electron chi connectivity index (χ1n) is 7.98. The van der Waals surface area contributed by atoms with Crippen LogP contribution in [0, 0.1) is 5.41 Å². The summed E-state index contributed by atoms with van der Waals surface area (Å²) in [6.45, 7) is 7.20. The summed E-state index contributed by atoms with van der Waals surface area (Å²) in [5.41, 5.74) is -0.203. The summed E-state index contributed by atoms with van der Waals surface area (Å²) < 4.78 is 5.05. The number of esters is 1. The van der Waals surface area contributed by atoms with E-state index in [0.29, 0.717) is 0 Å². The summed E-state index contributed by atoms with van der Waals surface area (Å²) in [6, 6.07) is -0.393. The zero-order chi connectivity index (χ0) is 16.8. The zero-order valence-corrected chi connectivity index (χ0v) is 14.0. The molecule has 1 aliphatic carbocycles. The van der Waals surface area contributed by atoms with Gasteiger partial charge in [0.15, 0.2) is 6.10 Å². The van der Waals surface area contributed by atoms with E-state index in [1.807, 2.05) is 20.8 Å². The van der Waals surface area contributed by atoms with Crippen LogP contribution < -0.4 is 10.6 Å². The van der Waals surface area contributed by atoms with E-state index >= 15 is 0 Å². The highest BCUT2D eigenvalue weighted by molar-refractivity contribution is 5.97. The fourth-order valence-corrected chi connectivity index (χ4v) is 2.41. The number of nitrogens with one attached hydrogen (secondary N) is 2. The molecule has 1 fully saturated rings. The van der Waals surface area contributed by atoms with Crippen LogP contribution in [-0.4, -0.2) is 30.1 Å². The van der Waals surface area contributed by atoms with Crippen LogP contribution in [0.1, 0.15) is 66.2 Å². The van der Waals surface area contributed by atoms with Gasteiger partial charge in [0.25, 0.3) is 5.91 Å². The Morgan fingerprint density at radius 2 is 1.73 bits per heavy atom. The largest absolute Gasteiger partial charge is 0.453 e. The van der Waals surface area contributed by atoms with Gasteiger partial charge in [0.05, 0.1) is 6.42 Å². The monoisotopic (exact) mass is 312 g/mol. The van der Waals surface area contributed by atoms with Crippen LogP contribution in [0.3, 0.4) is 0 Å². The molecule has 1 saturated carbocycles. The van der Waals surface area contributed by atoms with Crippen molar-refractivity contribution in [3.8, 4) is 0 Å². The summed E-state index contributed by atoms with van der Waals surface area (Å²) in [5.74, 6) is -1.04. The predicted molar refractivity (Wildman–Crippen MR) is 83.2 cm³/mol. The summed E-state index contributed by atoms with van der Waals surface area (Å²) in [4.78, 5) is 35.3. The van der Waals surface area contributed by atoms with Crippen molar-refractivity contribution in [1.29, 1.82) is 0 Å². The lowest BCUT2D eigenvalue weighted by Gasteiger charge is -2.23. The Balaban J connectivity index is 2.33. The standard InChI is InChI=1S/C16H28N2O4/c1-11(22-13(19)10-16(2,3)4)14(20)18-15(21)17-12-8-6-5-7-9-12/h11-12H,5-10H2,1-4H3,(H2,17,18,20,21)/t11-/m1/s1. The third-order valence-corrected chi connectivity index (χ3v) is 3.53. The van der Waals surface area contributed by atoms with E-state index in [1.165, 1.54) is 13.3 Å². The van der Waals surface area contributed by atoms with Crippen molar-refractivity contribution < 1.29 is 19.1 Å². The molecule has 0 aliphatic heterocycles. The number of urea groups is 1. The van der Waals surface area contributed by atoms with Crippen molar-refractivity contribution in [2.45, 2.75) is 78.4 Å². The maximum absolute atomic E-state index is 11.8. The second-order valence-corrected chi connectivity index (χ2v) is 7.17. The van der Waals surface area contributed by atoms with Gasteiger partial charge in [-0.3, -0.25) is 14.9 Å². The van der Waals surface area contributed by atoms with Gasteiger partial charge in [0, 0.05) is 6.04 Å². The zero-order valence-electron chi connectivity index (χ0n) is 14.0. The van der Waals surface area contributed by atoms with Crippen LogP contribution in [0.2, 0.25) is 0 Å². The lowest BCUT2D eigenvalue weighted by Crippen LogP contribution is -2.48. The molecule has 22 heavy (non-hydrogen) atoms. The van der Waals surface area contributed by atoms with Crippen molar-refractivity contribution in [1.82, 2.24) is 10.6 Å². The number of carbonyl (C=O) groups excluding carboxylic acids is 3. The van der Waals surface area contributed by atoms with E-state index in [4.69, 9.17) is 4.74 Å². The first kappa shape index (κ1) is 18.5. The van der Waals surface area contributed by atoms with Gasteiger partial charge in [0.1, 0.15) is 0 Å². The Bertz CT molecular complexity index is 409. The minimum atomic E-state index is -0.980. The van der Waals surface area contributed by atoms with Crippen molar-refractivity contribution in [2.75, 3.05) is 0 Å². The Labute approximate surface area is 132 Å². The van der Waals surface area contributed by atoms with Crippen molar-refractivity contribution in [2.24, 2.45) is 5.41 Å². The molecule has 2 N–H and O–H groups in total. The van der Waals surface area contributed by atoms with Crippen molar-refractivity contribution in [3.63, 3.8) is 0 Å². The third-order valence-electron chi connectivity index (χ3n) is 3.53. The molecule has 0 aromatic heterocycles. The summed E-state index contributed by atoms with van der Waals surface area (Å²) in [5, 5.41) is 5.01. The number of imide groups is 1. The van der Waals surface area contributed by atoms with Gasteiger partial charge in [-0.2, -0.15) is 0 Å². The molecule has 6 nitrogen and oxygen atoms in total. The molecule has 1 rings (SSSR count). The van der Waals surface area contributed by atoms with Gasteiger partial charge in [-0.1, -0.05) is 40.0 Å². The predicted octanol–water partition coefficient (Wildman–Crippen LogP) is 2.51. The summed E-state index contributed by atoms with van der Waals surface area (Å²) in [7, 11) is 0. The number of amides is 3. The molecule has 0 aromatic rings. The summed E-state index contributed by atoms with van der Waals surface area (Å²) in [6.07, 6.45) is 4.51. The van der Waals surface area contributed by atoms with Crippen LogP contribution >= 0.6 is 0 Å². The van der Waals surface area contributed by atoms with Gasteiger partial charge < -0.3 is 10.1 Å². The molecule has 126 valence electrons. The quantitative estimate of drug-likeness (QED) is 0.781. The SMILES string of the molecule is C[C@@H](OC(=O)CC(C)(C)C)C(=O)NC(=O)NC1CCCCC1. The Kier molecular flexibility index (Phi) is 6.84. The molecule has 0 unspecified atom stereocenters. The van der Waals surface area contributed by atoms with E-state index in [1.54, 1.807) is 0 Å². The molecule has 0 spiro atoms. The maximum Gasteiger partial charge on any atom is 0.321 e. The van der Waals surface area contributed by atoms with E-state index in [9.17, 15) is 14.4 Å². The number of ether oxygens (including phenoxy) is 1. The van der Waals surface area contributed by atoms with Crippen molar-refractivity contribution >= 4 is 17.9 Å². The average molecular weight is 312 g/mol. The fraction of sp³-hybridized carbons (Fsp3) is 0.812. The van der Waals surface area contributed by atoms with E-state index in [2.05, 4.69) is 10.6 Å². The van der Waals surface area contributed by atoms with Crippen molar-refractivity contribution in [3.05, 3.63) is 0 Å². The topological polar surface area (TPSA) is 84.5 Å². The molecular formula is C16H28N2O4. The molecular weight excluding hydrogens is 284 g/mol. The molecule has 0 bridgehead atoms. The molecule has 0 radical (unpaired) electrons. The molecule has 1 aliphatic rings. The normalized spacial score (nSPS) is 17.5. The van der Waals surface area contributed by atoms with Crippen LogP contribution in [0.4, 0.5) is 4.79 Å². The van der Waals surface area contributed by atoms with E-state index in [0.717, 1.165) is 25.7 Å². The van der Waals surface area contributed by atoms with E-state index < -0.39 is 24.0 Å².